The van der Waals surface area contributed by atoms with E-state index in [-0.39, 0.29) is 31.9 Å². The third kappa shape index (κ3) is 4.04. The van der Waals surface area contributed by atoms with Crippen LogP contribution in [0.3, 0.4) is 0 Å². The first kappa shape index (κ1) is 18.8. The number of halogens is 2. The normalized spacial score (nSPS) is 15.6. The highest BCUT2D eigenvalue weighted by atomic mass is 35.5. The minimum atomic E-state index is -4.05. The number of anilines is 1. The number of sulfonamides is 1. The molecule has 6 nitrogen and oxygen atoms in total. The lowest BCUT2D eigenvalue weighted by Crippen LogP contribution is -2.41. The van der Waals surface area contributed by atoms with E-state index in [9.17, 15) is 17.6 Å². The van der Waals surface area contributed by atoms with E-state index in [1.807, 2.05) is 0 Å². The molecule has 1 fully saturated rings. The summed E-state index contributed by atoms with van der Waals surface area (Å²) < 4.78 is 45.8. The lowest BCUT2D eigenvalue weighted by atomic mass is 10.2. The van der Waals surface area contributed by atoms with Crippen LogP contribution < -0.4 is 5.32 Å². The molecule has 1 amide bonds. The Morgan fingerprint density at radius 2 is 1.88 bits per heavy atom. The maximum atomic E-state index is 14.2. The Morgan fingerprint density at radius 3 is 2.58 bits per heavy atom. The molecule has 138 valence electrons. The lowest BCUT2D eigenvalue weighted by molar-refractivity contribution is 0.0729. The number of carbonyl (C=O) groups excluding carboxylic acids is 1. The first-order valence-corrected chi connectivity index (χ1v) is 9.64. The van der Waals surface area contributed by atoms with Crippen LogP contribution >= 0.6 is 11.6 Å². The second-order valence-electron chi connectivity index (χ2n) is 5.63. The van der Waals surface area contributed by atoms with Gasteiger partial charge in [0.05, 0.1) is 13.2 Å². The summed E-state index contributed by atoms with van der Waals surface area (Å²) in [7, 11) is -4.05. The molecule has 0 radical (unpaired) electrons. The van der Waals surface area contributed by atoms with Crippen LogP contribution in [0.1, 0.15) is 10.4 Å². The fourth-order valence-corrected chi connectivity index (χ4v) is 4.23. The minimum Gasteiger partial charge on any atom is -0.379 e. The van der Waals surface area contributed by atoms with Crippen molar-refractivity contribution < 1.29 is 22.3 Å². The van der Waals surface area contributed by atoms with Crippen molar-refractivity contribution in [2.24, 2.45) is 0 Å². The molecule has 1 aliphatic rings. The van der Waals surface area contributed by atoms with Gasteiger partial charge in [0.25, 0.3) is 5.91 Å². The molecule has 0 aromatic heterocycles. The summed E-state index contributed by atoms with van der Waals surface area (Å²) in [4.78, 5) is 11.9. The predicted octanol–water partition coefficient (Wildman–Crippen LogP) is 2.75. The molecule has 0 aliphatic carbocycles. The van der Waals surface area contributed by atoms with E-state index in [1.165, 1.54) is 6.07 Å². The highest BCUT2D eigenvalue weighted by Gasteiger charge is 2.29. The minimum absolute atomic E-state index is 0.0261. The Balaban J connectivity index is 1.88. The molecule has 0 bridgehead atoms. The standard InChI is InChI=1S/C17H16ClFN2O4S/c18-13-2-1-3-14(11-13)20-17(22)12-4-5-15(19)16(10-12)26(23,24)21-6-8-25-9-7-21/h1-5,10-11H,6-9H2,(H,20,22). The van der Waals surface area contributed by atoms with Crippen LogP contribution in [-0.2, 0) is 14.8 Å². The molecule has 1 N–H and O–H groups in total. The van der Waals surface area contributed by atoms with E-state index in [0.717, 1.165) is 16.4 Å². The first-order chi connectivity index (χ1) is 12.4. The Kier molecular flexibility index (Phi) is 5.57. The van der Waals surface area contributed by atoms with E-state index >= 15 is 0 Å². The third-order valence-electron chi connectivity index (χ3n) is 3.86. The Bertz CT molecular complexity index is 930. The summed E-state index contributed by atoms with van der Waals surface area (Å²) in [6.45, 7) is 0.771. The third-order valence-corrected chi connectivity index (χ3v) is 6.01. The van der Waals surface area contributed by atoms with Gasteiger partial charge in [-0.1, -0.05) is 17.7 Å². The number of benzene rings is 2. The molecule has 1 heterocycles. The van der Waals surface area contributed by atoms with Crippen molar-refractivity contribution in [2.45, 2.75) is 4.90 Å². The van der Waals surface area contributed by atoms with Crippen molar-refractivity contribution >= 4 is 33.2 Å². The molecule has 9 heteroatoms. The molecule has 0 unspecified atom stereocenters. The van der Waals surface area contributed by atoms with Crippen LogP contribution in [0.25, 0.3) is 0 Å². The smallest absolute Gasteiger partial charge is 0.255 e. The largest absolute Gasteiger partial charge is 0.379 e. The highest BCUT2D eigenvalue weighted by Crippen LogP contribution is 2.23. The van der Waals surface area contributed by atoms with Gasteiger partial charge in [-0.15, -0.1) is 0 Å². The maximum absolute atomic E-state index is 14.2. The molecule has 0 atom stereocenters. The average molecular weight is 399 g/mol. The van der Waals surface area contributed by atoms with E-state index in [1.54, 1.807) is 24.3 Å². The molecule has 26 heavy (non-hydrogen) atoms. The number of amides is 1. The zero-order valence-electron chi connectivity index (χ0n) is 13.6. The average Bonchev–Trinajstić information content (AvgIpc) is 2.62. The summed E-state index contributed by atoms with van der Waals surface area (Å²) in [5.74, 6) is -1.47. The molecule has 1 aliphatic heterocycles. The molecule has 3 rings (SSSR count). The van der Waals surface area contributed by atoms with Gasteiger partial charge in [-0.3, -0.25) is 4.79 Å². The second-order valence-corrected chi connectivity index (χ2v) is 7.97. The van der Waals surface area contributed by atoms with Crippen LogP contribution in [-0.4, -0.2) is 44.9 Å². The number of hydrogen-bond acceptors (Lipinski definition) is 4. The fraction of sp³-hybridized carbons (Fsp3) is 0.235. The van der Waals surface area contributed by atoms with Gasteiger partial charge >= 0.3 is 0 Å². The van der Waals surface area contributed by atoms with Gasteiger partial charge in [-0.2, -0.15) is 4.31 Å². The van der Waals surface area contributed by atoms with Crippen LogP contribution in [0.5, 0.6) is 0 Å². The SMILES string of the molecule is O=C(Nc1cccc(Cl)c1)c1ccc(F)c(S(=O)(=O)N2CCOCC2)c1. The van der Waals surface area contributed by atoms with Gasteiger partial charge in [0.1, 0.15) is 10.7 Å². The van der Waals surface area contributed by atoms with Gasteiger partial charge in [0.15, 0.2) is 0 Å². The van der Waals surface area contributed by atoms with E-state index in [4.69, 9.17) is 16.3 Å². The molecule has 0 spiro atoms. The quantitative estimate of drug-likeness (QED) is 0.859. The number of nitrogens with zero attached hydrogens (tertiary/aromatic N) is 1. The summed E-state index contributed by atoms with van der Waals surface area (Å²) >= 11 is 5.87. The number of nitrogens with one attached hydrogen (secondary N) is 1. The molecular formula is C17H16ClFN2O4S. The van der Waals surface area contributed by atoms with Crippen LogP contribution in [0.2, 0.25) is 5.02 Å². The van der Waals surface area contributed by atoms with Gasteiger partial charge in [0.2, 0.25) is 10.0 Å². The molecule has 2 aromatic rings. The lowest BCUT2D eigenvalue weighted by Gasteiger charge is -2.26. The summed E-state index contributed by atoms with van der Waals surface area (Å²) in [6, 6.07) is 9.75. The van der Waals surface area contributed by atoms with Crippen molar-refractivity contribution in [2.75, 3.05) is 31.6 Å². The number of rotatable bonds is 4. The Morgan fingerprint density at radius 1 is 1.15 bits per heavy atom. The fourth-order valence-electron chi connectivity index (χ4n) is 2.54. The summed E-state index contributed by atoms with van der Waals surface area (Å²) in [5.41, 5.74) is 0.475. The van der Waals surface area contributed by atoms with Crippen molar-refractivity contribution in [3.8, 4) is 0 Å². The number of hydrogen-bond donors (Lipinski definition) is 1. The molecular weight excluding hydrogens is 383 g/mol. The van der Waals surface area contributed by atoms with Crippen LogP contribution in [0.4, 0.5) is 10.1 Å². The Labute approximate surface area is 155 Å². The van der Waals surface area contributed by atoms with Gasteiger partial charge in [0, 0.05) is 29.4 Å². The number of carbonyl (C=O) groups is 1. The molecule has 0 saturated carbocycles. The van der Waals surface area contributed by atoms with Gasteiger partial charge < -0.3 is 10.1 Å². The molecule has 1 saturated heterocycles. The van der Waals surface area contributed by atoms with Crippen molar-refractivity contribution in [3.63, 3.8) is 0 Å². The predicted molar refractivity (Wildman–Crippen MR) is 95.4 cm³/mol. The molecule has 2 aromatic carbocycles. The van der Waals surface area contributed by atoms with E-state index in [2.05, 4.69) is 5.32 Å². The summed E-state index contributed by atoms with van der Waals surface area (Å²) in [6.07, 6.45) is 0. The van der Waals surface area contributed by atoms with Crippen molar-refractivity contribution in [1.82, 2.24) is 4.31 Å². The first-order valence-electron chi connectivity index (χ1n) is 7.82. The van der Waals surface area contributed by atoms with Crippen LogP contribution in [0.15, 0.2) is 47.4 Å². The summed E-state index contributed by atoms with van der Waals surface area (Å²) in [5, 5.41) is 3.04. The second kappa shape index (κ2) is 7.71. The zero-order chi connectivity index (χ0) is 18.7. The number of morpholine rings is 1. The van der Waals surface area contributed by atoms with E-state index < -0.39 is 26.6 Å². The maximum Gasteiger partial charge on any atom is 0.255 e. The van der Waals surface area contributed by atoms with Crippen molar-refractivity contribution in [1.29, 1.82) is 0 Å². The highest BCUT2D eigenvalue weighted by molar-refractivity contribution is 7.89. The monoisotopic (exact) mass is 398 g/mol. The Hall–Kier alpha value is -2.00. The van der Waals surface area contributed by atoms with E-state index in [0.29, 0.717) is 10.7 Å². The number of ether oxygens (including phenoxy) is 1. The van der Waals surface area contributed by atoms with Gasteiger partial charge in [-0.05, 0) is 36.4 Å². The topological polar surface area (TPSA) is 75.7 Å². The van der Waals surface area contributed by atoms with Crippen molar-refractivity contribution in [3.05, 3.63) is 58.9 Å². The van der Waals surface area contributed by atoms with Gasteiger partial charge in [-0.25, -0.2) is 12.8 Å². The van der Waals surface area contributed by atoms with Crippen LogP contribution in [0, 0.1) is 5.82 Å². The zero-order valence-corrected chi connectivity index (χ0v) is 15.2.